The van der Waals surface area contributed by atoms with Crippen LogP contribution in [0, 0.1) is 12.8 Å². The van der Waals surface area contributed by atoms with E-state index in [9.17, 15) is 9.59 Å². The Morgan fingerprint density at radius 3 is 2.25 bits per heavy atom. The molecule has 2 aromatic rings. The van der Waals surface area contributed by atoms with Crippen molar-refractivity contribution in [2.75, 3.05) is 44.2 Å². The maximum atomic E-state index is 13.0. The topological polar surface area (TPSA) is 57.0 Å². The molecule has 1 aromatic heterocycles. The summed E-state index contributed by atoms with van der Waals surface area (Å²) in [4.78, 5) is 31.5. The minimum atomic E-state index is -0.0808. The van der Waals surface area contributed by atoms with E-state index in [0.29, 0.717) is 18.8 Å². The Labute approximate surface area is 165 Å². The molecule has 0 N–H and O–H groups in total. The van der Waals surface area contributed by atoms with Gasteiger partial charge >= 0.3 is 0 Å². The second-order valence-electron chi connectivity index (χ2n) is 7.64. The molecule has 0 bridgehead atoms. The fraction of sp³-hybridized carbons (Fsp3) is 0.455. The van der Waals surface area contributed by atoms with E-state index < -0.39 is 0 Å². The molecule has 6 nitrogen and oxygen atoms in total. The average molecular weight is 381 g/mol. The molecule has 0 saturated carbocycles. The highest BCUT2D eigenvalue weighted by Gasteiger charge is 2.32. The number of piperidine rings is 1. The van der Waals surface area contributed by atoms with Crippen LogP contribution < -0.4 is 4.90 Å². The molecular weight excluding hydrogens is 354 g/mol. The van der Waals surface area contributed by atoms with Crippen LogP contribution >= 0.6 is 0 Å². The maximum absolute atomic E-state index is 13.0. The molecule has 28 heavy (non-hydrogen) atoms. The minimum absolute atomic E-state index is 0.0191. The molecule has 2 amide bonds. The number of nitrogens with zero attached hydrogens (tertiary/aromatic N) is 3. The third-order valence-corrected chi connectivity index (χ3v) is 5.91. The van der Waals surface area contributed by atoms with E-state index >= 15 is 0 Å². The molecule has 0 aliphatic carbocycles. The van der Waals surface area contributed by atoms with Gasteiger partial charge in [0.2, 0.25) is 5.91 Å². The van der Waals surface area contributed by atoms with E-state index in [4.69, 9.17) is 4.42 Å². The van der Waals surface area contributed by atoms with E-state index in [0.717, 1.165) is 39.0 Å². The van der Waals surface area contributed by atoms with Gasteiger partial charge in [-0.25, -0.2) is 0 Å². The minimum Gasteiger partial charge on any atom is -0.459 e. The predicted molar refractivity (Wildman–Crippen MR) is 107 cm³/mol. The molecule has 2 fully saturated rings. The third kappa shape index (κ3) is 3.77. The number of rotatable bonds is 3. The Bertz CT molecular complexity index is 817. The number of aryl methyl sites for hydroxylation is 1. The average Bonchev–Trinajstić information content (AvgIpc) is 3.28. The molecular formula is C22H27N3O3. The number of carbonyl (C=O) groups is 2. The summed E-state index contributed by atoms with van der Waals surface area (Å²) in [6.45, 7) is 6.61. The van der Waals surface area contributed by atoms with Crippen LogP contribution in [0.5, 0.6) is 0 Å². The largest absolute Gasteiger partial charge is 0.459 e. The quantitative estimate of drug-likeness (QED) is 0.820. The number of carbonyl (C=O) groups excluding carboxylic acids is 2. The van der Waals surface area contributed by atoms with E-state index in [-0.39, 0.29) is 17.7 Å². The lowest BCUT2D eigenvalue weighted by molar-refractivity contribution is -0.137. The van der Waals surface area contributed by atoms with Gasteiger partial charge in [0.05, 0.1) is 6.26 Å². The van der Waals surface area contributed by atoms with E-state index in [1.54, 1.807) is 17.0 Å². The summed E-state index contributed by atoms with van der Waals surface area (Å²) in [5, 5.41) is 0. The van der Waals surface area contributed by atoms with Gasteiger partial charge in [0.15, 0.2) is 5.76 Å². The second kappa shape index (κ2) is 8.09. The highest BCUT2D eigenvalue weighted by Crippen LogP contribution is 2.24. The van der Waals surface area contributed by atoms with Crippen molar-refractivity contribution in [1.29, 1.82) is 0 Å². The van der Waals surface area contributed by atoms with Crippen LogP contribution in [0.4, 0.5) is 5.69 Å². The lowest BCUT2D eigenvalue weighted by atomic mass is 9.94. The van der Waals surface area contributed by atoms with Crippen LogP contribution in [0.1, 0.15) is 29.0 Å². The van der Waals surface area contributed by atoms with Crippen molar-refractivity contribution in [3.05, 3.63) is 54.0 Å². The first-order valence-electron chi connectivity index (χ1n) is 10.1. The van der Waals surface area contributed by atoms with Gasteiger partial charge < -0.3 is 19.1 Å². The number of amides is 2. The lowest BCUT2D eigenvalue weighted by Gasteiger charge is -2.39. The second-order valence-corrected chi connectivity index (χ2v) is 7.64. The first kappa shape index (κ1) is 18.6. The van der Waals surface area contributed by atoms with Gasteiger partial charge in [-0.1, -0.05) is 18.2 Å². The van der Waals surface area contributed by atoms with Crippen molar-refractivity contribution in [3.63, 3.8) is 0 Å². The number of furan rings is 1. The van der Waals surface area contributed by atoms with E-state index in [1.165, 1.54) is 17.5 Å². The number of hydrogen-bond donors (Lipinski definition) is 0. The fourth-order valence-corrected chi connectivity index (χ4v) is 4.23. The van der Waals surface area contributed by atoms with Gasteiger partial charge in [0.25, 0.3) is 5.91 Å². The standard InChI is InChI=1S/C22H27N3O3/c1-17-5-2-3-6-19(17)23-12-14-25(15-13-23)21(26)18-8-10-24(11-9-18)22(27)20-7-4-16-28-20/h2-7,16,18H,8-15H2,1H3. The van der Waals surface area contributed by atoms with Crippen LogP contribution in [0.15, 0.2) is 47.1 Å². The zero-order valence-corrected chi connectivity index (χ0v) is 16.3. The molecule has 148 valence electrons. The number of piperazine rings is 1. The van der Waals surface area contributed by atoms with Crippen molar-refractivity contribution in [1.82, 2.24) is 9.80 Å². The summed E-state index contributed by atoms with van der Waals surface area (Å²) in [5.41, 5.74) is 2.54. The SMILES string of the molecule is Cc1ccccc1N1CCN(C(=O)C2CCN(C(=O)c3ccco3)CC2)CC1. The highest BCUT2D eigenvalue weighted by atomic mass is 16.3. The zero-order valence-electron chi connectivity index (χ0n) is 16.3. The summed E-state index contributed by atoms with van der Waals surface area (Å²) < 4.78 is 5.20. The number of anilines is 1. The Morgan fingerprint density at radius 1 is 0.893 bits per heavy atom. The summed E-state index contributed by atoms with van der Waals surface area (Å²) in [6, 6.07) is 11.8. The van der Waals surface area contributed by atoms with Crippen LogP contribution in [0.2, 0.25) is 0 Å². The summed E-state index contributed by atoms with van der Waals surface area (Å²) in [7, 11) is 0. The molecule has 2 aliphatic heterocycles. The lowest BCUT2D eigenvalue weighted by Crippen LogP contribution is -2.52. The number of para-hydroxylation sites is 1. The van der Waals surface area contributed by atoms with Gasteiger partial charge in [-0.3, -0.25) is 9.59 Å². The molecule has 0 spiro atoms. The molecule has 1 aromatic carbocycles. The van der Waals surface area contributed by atoms with Crippen molar-refractivity contribution in [2.24, 2.45) is 5.92 Å². The van der Waals surface area contributed by atoms with Gasteiger partial charge in [-0.2, -0.15) is 0 Å². The Morgan fingerprint density at radius 2 is 1.61 bits per heavy atom. The first-order valence-corrected chi connectivity index (χ1v) is 10.1. The molecule has 4 rings (SSSR count). The molecule has 0 unspecified atom stereocenters. The first-order chi connectivity index (χ1) is 13.6. The molecule has 0 atom stereocenters. The van der Waals surface area contributed by atoms with Crippen LogP contribution in [0.25, 0.3) is 0 Å². The van der Waals surface area contributed by atoms with Crippen molar-refractivity contribution < 1.29 is 14.0 Å². The summed E-state index contributed by atoms with van der Waals surface area (Å²) in [5.74, 6) is 0.556. The van der Waals surface area contributed by atoms with Gasteiger partial charge in [0, 0.05) is 50.9 Å². The summed E-state index contributed by atoms with van der Waals surface area (Å²) >= 11 is 0. The van der Waals surface area contributed by atoms with E-state index in [1.807, 2.05) is 4.90 Å². The Kier molecular flexibility index (Phi) is 5.37. The smallest absolute Gasteiger partial charge is 0.289 e. The maximum Gasteiger partial charge on any atom is 0.289 e. The van der Waals surface area contributed by atoms with Gasteiger partial charge in [-0.15, -0.1) is 0 Å². The van der Waals surface area contributed by atoms with Gasteiger partial charge in [0.1, 0.15) is 0 Å². The van der Waals surface area contributed by atoms with Crippen molar-refractivity contribution >= 4 is 17.5 Å². The fourth-order valence-electron chi connectivity index (χ4n) is 4.23. The van der Waals surface area contributed by atoms with Crippen molar-refractivity contribution in [2.45, 2.75) is 19.8 Å². The number of hydrogen-bond acceptors (Lipinski definition) is 4. The van der Waals surface area contributed by atoms with Crippen molar-refractivity contribution in [3.8, 4) is 0 Å². The number of likely N-dealkylation sites (tertiary alicyclic amines) is 1. The predicted octanol–water partition coefficient (Wildman–Crippen LogP) is 2.79. The number of benzene rings is 1. The molecule has 0 radical (unpaired) electrons. The zero-order chi connectivity index (χ0) is 19.5. The molecule has 6 heteroatoms. The highest BCUT2D eigenvalue weighted by molar-refractivity contribution is 5.91. The monoisotopic (exact) mass is 381 g/mol. The third-order valence-electron chi connectivity index (χ3n) is 5.91. The Balaban J connectivity index is 1.28. The van der Waals surface area contributed by atoms with Crippen LogP contribution in [0.3, 0.4) is 0 Å². The van der Waals surface area contributed by atoms with Crippen LogP contribution in [-0.2, 0) is 4.79 Å². The van der Waals surface area contributed by atoms with E-state index in [2.05, 4.69) is 36.1 Å². The normalized spacial score (nSPS) is 18.4. The molecule has 2 saturated heterocycles. The molecule has 2 aliphatic rings. The Hall–Kier alpha value is -2.76. The van der Waals surface area contributed by atoms with Crippen LogP contribution in [-0.4, -0.2) is 60.9 Å². The molecule has 3 heterocycles. The summed E-state index contributed by atoms with van der Waals surface area (Å²) in [6.07, 6.45) is 2.96. The van der Waals surface area contributed by atoms with Gasteiger partial charge in [-0.05, 0) is 43.5 Å².